The van der Waals surface area contributed by atoms with Crippen LogP contribution in [0.3, 0.4) is 0 Å². The monoisotopic (exact) mass is 445 g/mol. The van der Waals surface area contributed by atoms with Crippen molar-refractivity contribution in [3.05, 3.63) is 60.2 Å². The molecule has 0 saturated heterocycles. The maximum absolute atomic E-state index is 12.3. The molecule has 2 aromatic heterocycles. The molecule has 1 amide bonds. The Morgan fingerprint density at radius 3 is 2.62 bits per heavy atom. The topological polar surface area (TPSA) is 72.7 Å². The predicted molar refractivity (Wildman–Crippen MR) is 131 cm³/mol. The first-order valence-electron chi connectivity index (χ1n) is 10.8. The number of benzene rings is 2. The van der Waals surface area contributed by atoms with Gasteiger partial charge in [-0.2, -0.15) is 0 Å². The largest absolute Gasteiger partial charge is 0.355 e. The number of carbonyl (C=O) groups excluding carboxylic acids is 1. The summed E-state index contributed by atoms with van der Waals surface area (Å²) in [6, 6.07) is 18.5. The highest BCUT2D eigenvalue weighted by Gasteiger charge is 2.20. The highest BCUT2D eigenvalue weighted by atomic mass is 32.2. The van der Waals surface area contributed by atoms with Gasteiger partial charge in [0, 0.05) is 30.1 Å². The summed E-state index contributed by atoms with van der Waals surface area (Å²) in [7, 11) is 1.94. The number of aryl methyl sites for hydroxylation is 1. The molecule has 4 aromatic rings. The van der Waals surface area contributed by atoms with Gasteiger partial charge >= 0.3 is 0 Å². The van der Waals surface area contributed by atoms with Gasteiger partial charge in [0.05, 0.1) is 16.5 Å². The van der Waals surface area contributed by atoms with E-state index in [0.29, 0.717) is 11.7 Å². The van der Waals surface area contributed by atoms with Crippen molar-refractivity contribution in [3.8, 4) is 22.6 Å². The van der Waals surface area contributed by atoms with Gasteiger partial charge in [-0.3, -0.25) is 4.79 Å². The molecule has 0 aliphatic rings. The van der Waals surface area contributed by atoms with Crippen molar-refractivity contribution in [2.45, 2.75) is 37.6 Å². The van der Waals surface area contributed by atoms with Gasteiger partial charge in [-0.1, -0.05) is 66.7 Å². The number of nitrogens with zero attached hydrogens (tertiary/aromatic N) is 4. The van der Waals surface area contributed by atoms with E-state index in [0.717, 1.165) is 40.0 Å². The van der Waals surface area contributed by atoms with E-state index in [4.69, 9.17) is 4.98 Å². The second-order valence-electron chi connectivity index (χ2n) is 7.85. The van der Waals surface area contributed by atoms with Crippen LogP contribution in [0.4, 0.5) is 0 Å². The van der Waals surface area contributed by atoms with Crippen LogP contribution in [0.25, 0.3) is 33.5 Å². The number of rotatable bonds is 7. The van der Waals surface area contributed by atoms with Crippen molar-refractivity contribution < 1.29 is 4.79 Å². The lowest BCUT2D eigenvalue weighted by Gasteiger charge is -2.12. The maximum Gasteiger partial charge on any atom is 0.233 e. The van der Waals surface area contributed by atoms with Crippen molar-refractivity contribution in [1.29, 1.82) is 0 Å². The van der Waals surface area contributed by atoms with Crippen LogP contribution >= 0.6 is 11.8 Å². The maximum atomic E-state index is 12.3. The van der Waals surface area contributed by atoms with E-state index < -0.39 is 0 Å². The molecule has 1 atom stereocenters. The number of amides is 1. The Balaban J connectivity index is 1.73. The third-order valence-corrected chi connectivity index (χ3v) is 6.47. The van der Waals surface area contributed by atoms with Crippen LogP contribution in [0.15, 0.2) is 59.8 Å². The number of fused-ring (bicyclic) bond motifs is 1. The van der Waals surface area contributed by atoms with Crippen LogP contribution in [0, 0.1) is 6.92 Å². The number of aromatic nitrogens is 4. The van der Waals surface area contributed by atoms with Crippen LogP contribution in [0.1, 0.15) is 25.8 Å². The second-order valence-corrected chi connectivity index (χ2v) is 9.16. The number of nitrogens with one attached hydrogen (secondary N) is 1. The van der Waals surface area contributed by atoms with Crippen LogP contribution in [0.2, 0.25) is 0 Å². The van der Waals surface area contributed by atoms with E-state index in [1.165, 1.54) is 17.3 Å². The van der Waals surface area contributed by atoms with E-state index in [2.05, 4.69) is 58.8 Å². The molecule has 0 aliphatic carbocycles. The SMILES string of the molecule is CCCNC(=O)[C@@H](C)Sc1nnc(-c2cc(-c3ccc(C)cc3)nc3ccccc23)n1C. The lowest BCUT2D eigenvalue weighted by Crippen LogP contribution is -2.31. The van der Waals surface area contributed by atoms with Gasteiger partial charge in [-0.15, -0.1) is 10.2 Å². The van der Waals surface area contributed by atoms with E-state index >= 15 is 0 Å². The Kier molecular flexibility index (Phi) is 6.55. The van der Waals surface area contributed by atoms with E-state index in [-0.39, 0.29) is 11.2 Å². The third kappa shape index (κ3) is 4.53. The van der Waals surface area contributed by atoms with E-state index in [9.17, 15) is 4.79 Å². The standard InChI is InChI=1S/C25H27N5OS/c1-5-14-26-24(31)17(3)32-25-29-28-23(30(25)4)20-15-22(18-12-10-16(2)11-13-18)27-21-9-7-6-8-19(20)21/h6-13,15,17H,5,14H2,1-4H3,(H,26,31)/t17-/m1/s1. The second kappa shape index (κ2) is 9.53. The van der Waals surface area contributed by atoms with Gasteiger partial charge in [-0.25, -0.2) is 4.98 Å². The molecule has 0 saturated carbocycles. The minimum Gasteiger partial charge on any atom is -0.355 e. The number of hydrogen-bond donors (Lipinski definition) is 1. The van der Waals surface area contributed by atoms with Crippen LogP contribution < -0.4 is 5.32 Å². The summed E-state index contributed by atoms with van der Waals surface area (Å²) in [5, 5.41) is 13.3. The van der Waals surface area contributed by atoms with Gasteiger partial charge in [0.1, 0.15) is 0 Å². The zero-order chi connectivity index (χ0) is 22.7. The van der Waals surface area contributed by atoms with Crippen LogP contribution in [-0.4, -0.2) is 37.5 Å². The van der Waals surface area contributed by atoms with Crippen molar-refractivity contribution in [2.75, 3.05) is 6.54 Å². The molecule has 0 fully saturated rings. The molecular formula is C25H27N5OS. The molecule has 1 N–H and O–H groups in total. The molecular weight excluding hydrogens is 418 g/mol. The molecule has 6 nitrogen and oxygen atoms in total. The quantitative estimate of drug-likeness (QED) is 0.405. The first-order chi connectivity index (χ1) is 15.5. The minimum atomic E-state index is -0.255. The van der Waals surface area contributed by atoms with Gasteiger partial charge in [0.15, 0.2) is 11.0 Å². The molecule has 0 radical (unpaired) electrons. The molecule has 2 heterocycles. The summed E-state index contributed by atoms with van der Waals surface area (Å²) in [4.78, 5) is 17.2. The molecule has 164 valence electrons. The fourth-order valence-corrected chi connectivity index (χ4v) is 4.33. The summed E-state index contributed by atoms with van der Waals surface area (Å²) in [6.07, 6.45) is 0.912. The molecule has 2 aromatic carbocycles. The lowest BCUT2D eigenvalue weighted by molar-refractivity contribution is -0.120. The molecule has 4 rings (SSSR count). The van der Waals surface area contributed by atoms with Gasteiger partial charge in [0.25, 0.3) is 0 Å². The Bertz CT molecular complexity index is 1250. The molecule has 7 heteroatoms. The highest BCUT2D eigenvalue weighted by molar-refractivity contribution is 8.00. The van der Waals surface area contributed by atoms with Crippen molar-refractivity contribution in [3.63, 3.8) is 0 Å². The number of carbonyl (C=O) groups is 1. The molecule has 32 heavy (non-hydrogen) atoms. The van der Waals surface area contributed by atoms with Gasteiger partial charge in [-0.05, 0) is 32.4 Å². The molecule has 0 unspecified atom stereocenters. The average molecular weight is 446 g/mol. The normalized spacial score (nSPS) is 12.1. The van der Waals surface area contributed by atoms with E-state index in [1.807, 2.05) is 43.7 Å². The smallest absolute Gasteiger partial charge is 0.233 e. The molecule has 0 aliphatic heterocycles. The average Bonchev–Trinajstić information content (AvgIpc) is 3.16. The number of pyridine rings is 1. The number of hydrogen-bond acceptors (Lipinski definition) is 5. The van der Waals surface area contributed by atoms with Crippen molar-refractivity contribution in [1.82, 2.24) is 25.1 Å². The zero-order valence-corrected chi connectivity index (χ0v) is 19.6. The fraction of sp³-hybridized carbons (Fsp3) is 0.280. The zero-order valence-electron chi connectivity index (χ0n) is 18.8. The minimum absolute atomic E-state index is 0.0115. The Morgan fingerprint density at radius 1 is 1.12 bits per heavy atom. The van der Waals surface area contributed by atoms with Gasteiger partial charge in [0.2, 0.25) is 5.91 Å². The fourth-order valence-electron chi connectivity index (χ4n) is 3.49. The summed E-state index contributed by atoms with van der Waals surface area (Å²) in [5.41, 5.74) is 5.03. The third-order valence-electron chi connectivity index (χ3n) is 5.34. The Hall–Kier alpha value is -3.19. The van der Waals surface area contributed by atoms with E-state index in [1.54, 1.807) is 0 Å². The molecule has 0 bridgehead atoms. The number of thioether (sulfide) groups is 1. The van der Waals surface area contributed by atoms with Gasteiger partial charge < -0.3 is 9.88 Å². The first kappa shape index (κ1) is 22.0. The summed E-state index contributed by atoms with van der Waals surface area (Å²) >= 11 is 1.41. The lowest BCUT2D eigenvalue weighted by atomic mass is 10.0. The predicted octanol–water partition coefficient (Wildman–Crippen LogP) is 5.01. The first-order valence-corrected chi connectivity index (χ1v) is 11.7. The highest BCUT2D eigenvalue weighted by Crippen LogP contribution is 2.33. The van der Waals surface area contributed by atoms with Crippen LogP contribution in [-0.2, 0) is 11.8 Å². The molecule has 0 spiro atoms. The summed E-state index contributed by atoms with van der Waals surface area (Å²) < 4.78 is 1.95. The summed E-state index contributed by atoms with van der Waals surface area (Å²) in [5.74, 6) is 0.762. The number of para-hydroxylation sites is 1. The van der Waals surface area contributed by atoms with Crippen molar-refractivity contribution in [2.24, 2.45) is 7.05 Å². The summed E-state index contributed by atoms with van der Waals surface area (Å²) in [6.45, 7) is 6.68. The van der Waals surface area contributed by atoms with Crippen molar-refractivity contribution >= 4 is 28.6 Å². The van der Waals surface area contributed by atoms with Crippen LogP contribution in [0.5, 0.6) is 0 Å². The Morgan fingerprint density at radius 2 is 1.88 bits per heavy atom. The Labute approximate surface area is 192 Å².